The molecule has 0 radical (unpaired) electrons. The van der Waals surface area contributed by atoms with Crippen molar-refractivity contribution in [1.29, 1.82) is 0 Å². The molecule has 0 saturated heterocycles. The molecule has 2 atom stereocenters. The molecule has 0 bridgehead atoms. The van der Waals surface area contributed by atoms with Crippen LogP contribution in [0.25, 0.3) is 0 Å². The van der Waals surface area contributed by atoms with Gasteiger partial charge in [0.05, 0.1) is 34.4 Å². The van der Waals surface area contributed by atoms with Crippen LogP contribution in [-0.2, 0) is 28.6 Å². The summed E-state index contributed by atoms with van der Waals surface area (Å²) in [7, 11) is 5.54. The highest BCUT2D eigenvalue weighted by molar-refractivity contribution is 5.72. The van der Waals surface area contributed by atoms with E-state index in [0.29, 0.717) is 19.3 Å². The number of hydrogen-bond donors (Lipinski definition) is 1. The summed E-state index contributed by atoms with van der Waals surface area (Å²) in [6.45, 7) is 4.78. The Hall–Kier alpha value is -1.67. The molecule has 0 aliphatic heterocycles. The number of carboxylic acid groups (broad SMARTS) is 1. The number of hydrogen-bond acceptors (Lipinski definition) is 6. The Morgan fingerprint density at radius 3 is 1.09 bits per heavy atom. The number of unbranched alkanes of at least 4 members (excludes halogenated alkanes) is 31. The second kappa shape index (κ2) is 41.1. The number of carbonyl (C=O) groups is 3. The second-order valence-corrected chi connectivity index (χ2v) is 18.1. The molecule has 0 saturated carbocycles. The van der Waals surface area contributed by atoms with Gasteiger partial charge in [-0.05, 0) is 12.8 Å². The average molecular weight is 811 g/mol. The summed E-state index contributed by atoms with van der Waals surface area (Å²) in [6, 6.07) is -0.608. The highest BCUT2D eigenvalue weighted by atomic mass is 16.6. The van der Waals surface area contributed by atoms with E-state index in [1.807, 2.05) is 21.1 Å². The third kappa shape index (κ3) is 39.6. The summed E-state index contributed by atoms with van der Waals surface area (Å²) in [6.07, 6.45) is 42.9. The van der Waals surface area contributed by atoms with Crippen LogP contribution in [0.15, 0.2) is 0 Å². The lowest BCUT2D eigenvalue weighted by molar-refractivity contribution is -0.887. The van der Waals surface area contributed by atoms with Gasteiger partial charge in [-0.1, -0.05) is 213 Å². The van der Waals surface area contributed by atoms with Gasteiger partial charge >= 0.3 is 17.9 Å². The van der Waals surface area contributed by atoms with Gasteiger partial charge in [0.2, 0.25) is 0 Å². The van der Waals surface area contributed by atoms with Crippen molar-refractivity contribution in [3.63, 3.8) is 0 Å². The van der Waals surface area contributed by atoms with Crippen molar-refractivity contribution in [2.45, 2.75) is 257 Å². The summed E-state index contributed by atoms with van der Waals surface area (Å²) in [5.41, 5.74) is 0. The van der Waals surface area contributed by atoms with E-state index in [2.05, 4.69) is 13.8 Å². The Labute approximate surface area is 353 Å². The van der Waals surface area contributed by atoms with E-state index in [0.717, 1.165) is 38.5 Å². The van der Waals surface area contributed by atoms with Crippen LogP contribution >= 0.6 is 0 Å². The first-order valence-electron chi connectivity index (χ1n) is 24.6. The molecular weight excluding hydrogens is 715 g/mol. The van der Waals surface area contributed by atoms with E-state index in [9.17, 15) is 19.5 Å². The van der Waals surface area contributed by atoms with Crippen LogP contribution in [0, 0.1) is 0 Å². The molecule has 0 spiro atoms. The van der Waals surface area contributed by atoms with Gasteiger partial charge < -0.3 is 23.8 Å². The van der Waals surface area contributed by atoms with Crippen molar-refractivity contribution in [3.05, 3.63) is 0 Å². The molecule has 0 aromatic heterocycles. The van der Waals surface area contributed by atoms with Gasteiger partial charge in [0.15, 0.2) is 12.1 Å². The Balaban J connectivity index is 4.18. The number of aliphatic carboxylic acids is 1. The summed E-state index contributed by atoms with van der Waals surface area (Å²) in [5, 5.41) is 9.63. The standard InChI is InChI=1S/C49H95NO7/c1-6-8-10-12-14-16-18-20-21-22-23-24-25-26-28-29-31-33-35-37-39-47(51)56-44-45(43-55-42-41-46(49(53)54)50(3,4)5)57-48(52)40-38-36-34-32-30-27-19-17-15-13-11-9-7-2/h45-46H,6-44H2,1-5H3/p+1. The fourth-order valence-electron chi connectivity index (χ4n) is 7.68. The van der Waals surface area contributed by atoms with Crippen LogP contribution in [0.1, 0.15) is 245 Å². The van der Waals surface area contributed by atoms with Crippen LogP contribution in [0.2, 0.25) is 0 Å². The fraction of sp³-hybridized carbons (Fsp3) is 0.939. The molecule has 0 aliphatic rings. The van der Waals surface area contributed by atoms with E-state index in [1.54, 1.807) is 0 Å². The highest BCUT2D eigenvalue weighted by Crippen LogP contribution is 2.17. The van der Waals surface area contributed by atoms with Crippen molar-refractivity contribution in [2.75, 3.05) is 41.0 Å². The maximum Gasteiger partial charge on any atom is 0.362 e. The quantitative estimate of drug-likeness (QED) is 0.0371. The molecule has 338 valence electrons. The third-order valence-electron chi connectivity index (χ3n) is 11.5. The topological polar surface area (TPSA) is 99.1 Å². The lowest BCUT2D eigenvalue weighted by atomic mass is 10.0. The van der Waals surface area contributed by atoms with Gasteiger partial charge in [-0.3, -0.25) is 9.59 Å². The minimum Gasteiger partial charge on any atom is -0.477 e. The van der Waals surface area contributed by atoms with Crippen LogP contribution in [0.3, 0.4) is 0 Å². The number of quaternary nitrogens is 1. The molecule has 0 amide bonds. The van der Waals surface area contributed by atoms with Gasteiger partial charge in [-0.15, -0.1) is 0 Å². The van der Waals surface area contributed by atoms with Crippen molar-refractivity contribution in [2.24, 2.45) is 0 Å². The van der Waals surface area contributed by atoms with E-state index >= 15 is 0 Å². The first-order valence-corrected chi connectivity index (χ1v) is 24.6. The molecule has 57 heavy (non-hydrogen) atoms. The smallest absolute Gasteiger partial charge is 0.362 e. The molecule has 0 fully saturated rings. The Kier molecular flexibility index (Phi) is 39.9. The van der Waals surface area contributed by atoms with E-state index in [-0.39, 0.29) is 36.2 Å². The lowest BCUT2D eigenvalue weighted by Crippen LogP contribution is -2.50. The van der Waals surface area contributed by atoms with Crippen molar-refractivity contribution >= 4 is 17.9 Å². The molecule has 2 unspecified atom stereocenters. The number of ether oxygens (including phenoxy) is 3. The van der Waals surface area contributed by atoms with Crippen molar-refractivity contribution < 1.29 is 38.2 Å². The maximum atomic E-state index is 12.7. The van der Waals surface area contributed by atoms with Gasteiger partial charge in [0, 0.05) is 19.3 Å². The summed E-state index contributed by atoms with van der Waals surface area (Å²) >= 11 is 0. The van der Waals surface area contributed by atoms with Crippen LogP contribution in [0.5, 0.6) is 0 Å². The number of carboxylic acids is 1. The minimum absolute atomic E-state index is 0.0416. The molecule has 0 aromatic carbocycles. The first kappa shape index (κ1) is 55.3. The normalized spacial score (nSPS) is 12.8. The first-order chi connectivity index (χ1) is 27.6. The number of rotatable bonds is 45. The maximum absolute atomic E-state index is 12.7. The Bertz CT molecular complexity index is 905. The zero-order valence-corrected chi connectivity index (χ0v) is 38.6. The molecule has 0 aromatic rings. The minimum atomic E-state index is -0.870. The number of esters is 2. The van der Waals surface area contributed by atoms with Gasteiger partial charge in [-0.2, -0.15) is 0 Å². The summed E-state index contributed by atoms with van der Waals surface area (Å²) < 4.78 is 17.3. The molecule has 0 heterocycles. The largest absolute Gasteiger partial charge is 0.477 e. The molecular formula is C49H96NO7+. The lowest BCUT2D eigenvalue weighted by Gasteiger charge is -2.31. The van der Waals surface area contributed by atoms with Crippen molar-refractivity contribution in [1.82, 2.24) is 0 Å². The number of nitrogens with zero attached hydrogens (tertiary/aromatic N) is 1. The highest BCUT2D eigenvalue weighted by Gasteiger charge is 2.31. The van der Waals surface area contributed by atoms with Gasteiger partial charge in [0.1, 0.15) is 6.61 Å². The van der Waals surface area contributed by atoms with Crippen LogP contribution < -0.4 is 0 Å². The summed E-state index contributed by atoms with van der Waals surface area (Å²) in [4.78, 5) is 37.0. The van der Waals surface area contributed by atoms with Crippen LogP contribution in [0.4, 0.5) is 0 Å². The molecule has 8 nitrogen and oxygen atoms in total. The van der Waals surface area contributed by atoms with Gasteiger partial charge in [0.25, 0.3) is 0 Å². The van der Waals surface area contributed by atoms with Crippen molar-refractivity contribution in [3.8, 4) is 0 Å². The third-order valence-corrected chi connectivity index (χ3v) is 11.5. The monoisotopic (exact) mass is 811 g/mol. The fourth-order valence-corrected chi connectivity index (χ4v) is 7.68. The number of carbonyl (C=O) groups excluding carboxylic acids is 2. The molecule has 0 aliphatic carbocycles. The molecule has 0 rings (SSSR count). The zero-order chi connectivity index (χ0) is 42.1. The molecule has 8 heteroatoms. The average Bonchev–Trinajstić information content (AvgIpc) is 3.17. The van der Waals surface area contributed by atoms with E-state index < -0.39 is 18.1 Å². The zero-order valence-electron chi connectivity index (χ0n) is 38.6. The number of likely N-dealkylation sites (N-methyl/N-ethyl adjacent to an activating group) is 1. The predicted octanol–water partition coefficient (Wildman–Crippen LogP) is 13.7. The second-order valence-electron chi connectivity index (χ2n) is 18.1. The SMILES string of the molecule is CCCCCCCCCCCCCCCCCCCCCCC(=O)OCC(COCCC(C(=O)O)[N+](C)(C)C)OC(=O)CCCCCCCCCCCCCCC. The van der Waals surface area contributed by atoms with Gasteiger partial charge in [-0.25, -0.2) is 4.79 Å². The Morgan fingerprint density at radius 1 is 0.456 bits per heavy atom. The predicted molar refractivity (Wildman–Crippen MR) is 239 cm³/mol. The van der Waals surface area contributed by atoms with E-state index in [4.69, 9.17) is 14.2 Å². The molecule has 1 N–H and O–H groups in total. The summed E-state index contributed by atoms with van der Waals surface area (Å²) in [5.74, 6) is -1.44. The van der Waals surface area contributed by atoms with E-state index in [1.165, 1.54) is 173 Å². The Morgan fingerprint density at radius 2 is 0.772 bits per heavy atom. The van der Waals surface area contributed by atoms with Crippen LogP contribution in [-0.4, -0.2) is 80.6 Å².